The van der Waals surface area contributed by atoms with E-state index in [-0.39, 0.29) is 12.5 Å². The van der Waals surface area contributed by atoms with Crippen molar-refractivity contribution in [1.82, 2.24) is 5.32 Å². The molecular formula is C18H28N2O5S. The van der Waals surface area contributed by atoms with Gasteiger partial charge in [0.05, 0.1) is 26.2 Å². The third kappa shape index (κ3) is 5.52. The molecule has 0 atom stereocenters. The van der Waals surface area contributed by atoms with Crippen LogP contribution in [0.3, 0.4) is 0 Å². The van der Waals surface area contributed by atoms with Gasteiger partial charge in [-0.25, -0.2) is 8.42 Å². The van der Waals surface area contributed by atoms with E-state index in [1.54, 1.807) is 18.2 Å². The highest BCUT2D eigenvalue weighted by molar-refractivity contribution is 7.92. The van der Waals surface area contributed by atoms with Crippen LogP contribution < -0.4 is 19.1 Å². The molecule has 0 aromatic heterocycles. The normalized spacial score (nSPS) is 15.3. The first-order chi connectivity index (χ1) is 12.3. The Hall–Kier alpha value is -1.96. The molecule has 1 N–H and O–H groups in total. The van der Waals surface area contributed by atoms with E-state index in [0.29, 0.717) is 29.6 Å². The lowest BCUT2D eigenvalue weighted by Gasteiger charge is -2.25. The lowest BCUT2D eigenvalue weighted by molar-refractivity contribution is -0.119. The van der Waals surface area contributed by atoms with Crippen molar-refractivity contribution in [2.24, 2.45) is 5.92 Å². The minimum absolute atomic E-state index is 0.263. The van der Waals surface area contributed by atoms with E-state index >= 15 is 0 Å². The van der Waals surface area contributed by atoms with Gasteiger partial charge in [0.25, 0.3) is 0 Å². The number of rotatable bonds is 8. The molecule has 1 fully saturated rings. The van der Waals surface area contributed by atoms with Gasteiger partial charge in [-0.05, 0) is 30.9 Å². The SMILES string of the molecule is COc1ccc(N(CC(=O)NCC2CCCCC2)S(C)(=O)=O)cc1OC. The quantitative estimate of drug-likeness (QED) is 0.742. The molecule has 0 heterocycles. The van der Waals surface area contributed by atoms with E-state index < -0.39 is 10.0 Å². The van der Waals surface area contributed by atoms with Crippen molar-refractivity contribution in [1.29, 1.82) is 0 Å². The maximum absolute atomic E-state index is 12.3. The lowest BCUT2D eigenvalue weighted by atomic mass is 9.89. The van der Waals surface area contributed by atoms with Crippen molar-refractivity contribution in [3.05, 3.63) is 18.2 Å². The third-order valence-electron chi connectivity index (χ3n) is 4.66. The average molecular weight is 384 g/mol. The van der Waals surface area contributed by atoms with Crippen LogP contribution >= 0.6 is 0 Å². The van der Waals surface area contributed by atoms with Crippen LogP contribution in [0, 0.1) is 5.92 Å². The maximum Gasteiger partial charge on any atom is 0.240 e. The fourth-order valence-electron chi connectivity index (χ4n) is 3.22. The van der Waals surface area contributed by atoms with Crippen LogP contribution in [0.1, 0.15) is 32.1 Å². The van der Waals surface area contributed by atoms with Crippen molar-refractivity contribution in [2.45, 2.75) is 32.1 Å². The molecule has 0 spiro atoms. The second kappa shape index (κ2) is 9.12. The summed E-state index contributed by atoms with van der Waals surface area (Å²) in [7, 11) is -0.645. The molecule has 1 saturated carbocycles. The molecule has 1 aliphatic rings. The van der Waals surface area contributed by atoms with Crippen molar-refractivity contribution >= 4 is 21.6 Å². The maximum atomic E-state index is 12.3. The van der Waals surface area contributed by atoms with Gasteiger partial charge in [0, 0.05) is 12.6 Å². The monoisotopic (exact) mass is 384 g/mol. The highest BCUT2D eigenvalue weighted by atomic mass is 32.2. The van der Waals surface area contributed by atoms with Crippen LogP contribution in [0.15, 0.2) is 18.2 Å². The van der Waals surface area contributed by atoms with Crippen LogP contribution in [-0.2, 0) is 14.8 Å². The first-order valence-electron chi connectivity index (χ1n) is 8.81. The number of methoxy groups -OCH3 is 2. The van der Waals surface area contributed by atoms with Crippen molar-refractivity contribution < 1.29 is 22.7 Å². The molecule has 146 valence electrons. The zero-order valence-corrected chi connectivity index (χ0v) is 16.5. The number of anilines is 1. The van der Waals surface area contributed by atoms with Gasteiger partial charge in [0.1, 0.15) is 6.54 Å². The van der Waals surface area contributed by atoms with Gasteiger partial charge in [-0.3, -0.25) is 9.10 Å². The number of ether oxygens (including phenoxy) is 2. The lowest BCUT2D eigenvalue weighted by Crippen LogP contribution is -2.41. The predicted molar refractivity (Wildman–Crippen MR) is 101 cm³/mol. The molecular weight excluding hydrogens is 356 g/mol. The summed E-state index contributed by atoms with van der Waals surface area (Å²) in [5, 5.41) is 2.87. The van der Waals surface area contributed by atoms with E-state index in [9.17, 15) is 13.2 Å². The summed E-state index contributed by atoms with van der Waals surface area (Å²) >= 11 is 0. The Morgan fingerprint density at radius 2 is 1.81 bits per heavy atom. The van der Waals surface area contributed by atoms with E-state index in [1.807, 2.05) is 0 Å². The van der Waals surface area contributed by atoms with Crippen LogP contribution in [0.25, 0.3) is 0 Å². The Bertz CT molecular complexity index is 714. The molecule has 0 saturated heterocycles. The van der Waals surface area contributed by atoms with Gasteiger partial charge >= 0.3 is 0 Å². The van der Waals surface area contributed by atoms with Gasteiger partial charge in [-0.1, -0.05) is 19.3 Å². The van der Waals surface area contributed by atoms with Crippen LogP contribution in [0.4, 0.5) is 5.69 Å². The molecule has 26 heavy (non-hydrogen) atoms. The minimum atomic E-state index is -3.62. The Kier molecular flexibility index (Phi) is 7.14. The summed E-state index contributed by atoms with van der Waals surface area (Å²) in [6.45, 7) is 0.337. The molecule has 0 aliphatic heterocycles. The van der Waals surface area contributed by atoms with Gasteiger partial charge in [0.15, 0.2) is 11.5 Å². The topological polar surface area (TPSA) is 84.9 Å². The fourth-order valence-corrected chi connectivity index (χ4v) is 4.06. The molecule has 1 aliphatic carbocycles. The Balaban J connectivity index is 2.09. The molecule has 0 unspecified atom stereocenters. The number of sulfonamides is 1. The number of benzene rings is 1. The highest BCUT2D eigenvalue weighted by Crippen LogP contribution is 2.32. The molecule has 8 heteroatoms. The van der Waals surface area contributed by atoms with E-state index in [4.69, 9.17) is 9.47 Å². The van der Waals surface area contributed by atoms with Crippen molar-refractivity contribution in [2.75, 3.05) is 37.9 Å². The van der Waals surface area contributed by atoms with Crippen molar-refractivity contribution in [3.63, 3.8) is 0 Å². The summed E-state index contributed by atoms with van der Waals surface area (Å²) in [5.74, 6) is 1.07. The highest BCUT2D eigenvalue weighted by Gasteiger charge is 2.23. The standard InChI is InChI=1S/C18H28N2O5S/c1-24-16-10-9-15(11-17(16)25-2)20(26(3,22)23)13-18(21)19-12-14-7-5-4-6-8-14/h9-11,14H,4-8,12-13H2,1-3H3,(H,19,21). The number of amides is 1. The summed E-state index contributed by atoms with van der Waals surface area (Å²) in [4.78, 5) is 12.3. The first kappa shape index (κ1) is 20.4. The molecule has 1 aromatic carbocycles. The smallest absolute Gasteiger partial charge is 0.240 e. The van der Waals surface area contributed by atoms with E-state index in [2.05, 4.69) is 5.32 Å². The number of carbonyl (C=O) groups excluding carboxylic acids is 1. The number of nitrogens with zero attached hydrogens (tertiary/aromatic N) is 1. The fraction of sp³-hybridized carbons (Fsp3) is 0.611. The van der Waals surface area contributed by atoms with Crippen molar-refractivity contribution in [3.8, 4) is 11.5 Å². The predicted octanol–water partition coefficient (Wildman–Crippen LogP) is 2.17. The molecule has 0 bridgehead atoms. The van der Waals surface area contributed by atoms with Crippen LogP contribution in [-0.4, -0.2) is 47.9 Å². The number of hydrogen-bond acceptors (Lipinski definition) is 5. The third-order valence-corrected chi connectivity index (χ3v) is 5.80. The molecule has 7 nitrogen and oxygen atoms in total. The van der Waals surface area contributed by atoms with Gasteiger partial charge in [-0.15, -0.1) is 0 Å². The van der Waals surface area contributed by atoms with Crippen LogP contribution in [0.2, 0.25) is 0 Å². The zero-order chi connectivity index (χ0) is 19.2. The molecule has 1 aromatic rings. The summed E-state index contributed by atoms with van der Waals surface area (Å²) in [6, 6.07) is 4.76. The molecule has 2 rings (SSSR count). The second-order valence-electron chi connectivity index (χ2n) is 6.62. The Labute approximate surface area is 155 Å². The summed E-state index contributed by atoms with van der Waals surface area (Å²) < 4.78 is 35.9. The first-order valence-corrected chi connectivity index (χ1v) is 10.7. The van der Waals surface area contributed by atoms with Gasteiger partial charge in [0.2, 0.25) is 15.9 Å². The largest absolute Gasteiger partial charge is 0.493 e. The van der Waals surface area contributed by atoms with E-state index in [0.717, 1.165) is 23.4 Å². The second-order valence-corrected chi connectivity index (χ2v) is 8.52. The van der Waals surface area contributed by atoms with E-state index in [1.165, 1.54) is 33.5 Å². The Morgan fingerprint density at radius 1 is 1.15 bits per heavy atom. The number of carbonyl (C=O) groups is 1. The number of nitrogens with one attached hydrogen (secondary N) is 1. The molecule has 1 amide bonds. The molecule has 0 radical (unpaired) electrons. The van der Waals surface area contributed by atoms with Gasteiger partial charge in [-0.2, -0.15) is 0 Å². The average Bonchev–Trinajstić information content (AvgIpc) is 2.63. The minimum Gasteiger partial charge on any atom is -0.493 e. The Morgan fingerprint density at radius 3 is 2.38 bits per heavy atom. The summed E-state index contributed by atoms with van der Waals surface area (Å²) in [6.07, 6.45) is 6.96. The zero-order valence-electron chi connectivity index (χ0n) is 15.7. The van der Waals surface area contributed by atoms with Gasteiger partial charge < -0.3 is 14.8 Å². The van der Waals surface area contributed by atoms with Crippen LogP contribution in [0.5, 0.6) is 11.5 Å². The summed E-state index contributed by atoms with van der Waals surface area (Å²) in [5.41, 5.74) is 0.359. The number of hydrogen-bond donors (Lipinski definition) is 1.